The summed E-state index contributed by atoms with van der Waals surface area (Å²) in [6, 6.07) is 0.379. The number of amides is 1. The standard InChI is InChI=1S/C15H23N3O3S/c1-4-18(8-13(19)20)11-5-10(6-11)17-14(21)12-7-16-15(22-12)9(2)3/h7,9-11H,4-6,8H2,1-3H3,(H,17,21)(H,19,20). The molecular formula is C15H23N3O3S. The first-order valence-corrected chi connectivity index (χ1v) is 8.44. The van der Waals surface area contributed by atoms with Crippen LogP contribution in [0.5, 0.6) is 0 Å². The molecule has 1 aromatic heterocycles. The second-order valence-electron chi connectivity index (χ2n) is 5.97. The number of carboxylic acid groups (broad SMARTS) is 1. The monoisotopic (exact) mass is 325 g/mol. The summed E-state index contributed by atoms with van der Waals surface area (Å²) < 4.78 is 0. The van der Waals surface area contributed by atoms with Gasteiger partial charge in [-0.05, 0) is 19.4 Å². The van der Waals surface area contributed by atoms with Crippen LogP contribution < -0.4 is 5.32 Å². The third-order valence-corrected chi connectivity index (χ3v) is 5.25. The number of hydrogen-bond acceptors (Lipinski definition) is 5. The zero-order valence-electron chi connectivity index (χ0n) is 13.2. The minimum Gasteiger partial charge on any atom is -0.480 e. The van der Waals surface area contributed by atoms with E-state index in [0.717, 1.165) is 17.8 Å². The zero-order chi connectivity index (χ0) is 16.3. The molecule has 122 valence electrons. The summed E-state index contributed by atoms with van der Waals surface area (Å²) >= 11 is 1.43. The molecule has 2 rings (SSSR count). The van der Waals surface area contributed by atoms with Crippen LogP contribution in [-0.4, -0.2) is 52.0 Å². The number of hydrogen-bond donors (Lipinski definition) is 2. The lowest BCUT2D eigenvalue weighted by molar-refractivity contribution is -0.139. The summed E-state index contributed by atoms with van der Waals surface area (Å²) in [4.78, 5) is 29.8. The fraction of sp³-hybridized carbons (Fsp3) is 0.667. The van der Waals surface area contributed by atoms with Gasteiger partial charge in [-0.25, -0.2) is 4.98 Å². The van der Waals surface area contributed by atoms with Gasteiger partial charge in [-0.3, -0.25) is 14.5 Å². The maximum absolute atomic E-state index is 12.2. The number of rotatable bonds is 7. The van der Waals surface area contributed by atoms with Crippen molar-refractivity contribution < 1.29 is 14.7 Å². The molecule has 0 unspecified atom stereocenters. The molecule has 0 aromatic carbocycles. The Morgan fingerprint density at radius 1 is 1.50 bits per heavy atom. The number of aromatic nitrogens is 1. The molecule has 0 saturated heterocycles. The predicted molar refractivity (Wildman–Crippen MR) is 85.4 cm³/mol. The third-order valence-electron chi connectivity index (χ3n) is 3.95. The molecule has 2 N–H and O–H groups in total. The molecule has 1 aliphatic rings. The van der Waals surface area contributed by atoms with Crippen molar-refractivity contribution in [3.8, 4) is 0 Å². The van der Waals surface area contributed by atoms with Crippen LogP contribution in [0.3, 0.4) is 0 Å². The molecule has 1 aromatic rings. The largest absolute Gasteiger partial charge is 0.480 e. The highest BCUT2D eigenvalue weighted by atomic mass is 32.1. The molecule has 0 aliphatic heterocycles. The molecule has 1 aliphatic carbocycles. The summed E-state index contributed by atoms with van der Waals surface area (Å²) in [6.07, 6.45) is 3.25. The molecule has 0 spiro atoms. The van der Waals surface area contributed by atoms with E-state index < -0.39 is 5.97 Å². The normalized spacial score (nSPS) is 21.0. The Kier molecular flexibility index (Phi) is 5.52. The van der Waals surface area contributed by atoms with Crippen molar-refractivity contribution in [1.82, 2.24) is 15.2 Å². The number of aliphatic carboxylic acids is 1. The lowest BCUT2D eigenvalue weighted by Gasteiger charge is -2.42. The quantitative estimate of drug-likeness (QED) is 0.800. The minimum atomic E-state index is -0.805. The van der Waals surface area contributed by atoms with E-state index in [4.69, 9.17) is 5.11 Å². The first-order valence-electron chi connectivity index (χ1n) is 7.63. The van der Waals surface area contributed by atoms with E-state index in [1.54, 1.807) is 6.20 Å². The van der Waals surface area contributed by atoms with Gasteiger partial charge in [0.2, 0.25) is 0 Å². The van der Waals surface area contributed by atoms with Crippen molar-refractivity contribution >= 4 is 23.2 Å². The van der Waals surface area contributed by atoms with Crippen LogP contribution in [0.4, 0.5) is 0 Å². The Labute approximate surface area is 134 Å². The van der Waals surface area contributed by atoms with Gasteiger partial charge in [0.15, 0.2) is 0 Å². The number of thiazole rings is 1. The summed E-state index contributed by atoms with van der Waals surface area (Å²) in [5.41, 5.74) is 0. The van der Waals surface area contributed by atoms with Crippen molar-refractivity contribution in [3.05, 3.63) is 16.1 Å². The molecule has 7 heteroatoms. The fourth-order valence-electron chi connectivity index (χ4n) is 2.59. The maximum atomic E-state index is 12.2. The van der Waals surface area contributed by atoms with Crippen molar-refractivity contribution in [2.75, 3.05) is 13.1 Å². The lowest BCUT2D eigenvalue weighted by atomic mass is 9.85. The van der Waals surface area contributed by atoms with E-state index in [2.05, 4.69) is 24.1 Å². The van der Waals surface area contributed by atoms with Gasteiger partial charge in [0.25, 0.3) is 5.91 Å². The van der Waals surface area contributed by atoms with Gasteiger partial charge in [0.05, 0.1) is 17.7 Å². The number of carbonyl (C=O) groups is 2. The van der Waals surface area contributed by atoms with Gasteiger partial charge in [-0.15, -0.1) is 11.3 Å². The molecule has 6 nitrogen and oxygen atoms in total. The van der Waals surface area contributed by atoms with E-state index in [9.17, 15) is 9.59 Å². The van der Waals surface area contributed by atoms with Crippen LogP contribution in [-0.2, 0) is 4.79 Å². The van der Waals surface area contributed by atoms with Crippen LogP contribution in [0.2, 0.25) is 0 Å². The van der Waals surface area contributed by atoms with Crippen molar-refractivity contribution in [3.63, 3.8) is 0 Å². The summed E-state index contributed by atoms with van der Waals surface area (Å²) in [5.74, 6) is -0.553. The number of likely N-dealkylation sites (N-methyl/N-ethyl adjacent to an activating group) is 1. The first kappa shape index (κ1) is 16.9. The van der Waals surface area contributed by atoms with Crippen molar-refractivity contribution in [1.29, 1.82) is 0 Å². The summed E-state index contributed by atoms with van der Waals surface area (Å²) in [5, 5.41) is 12.8. The van der Waals surface area contributed by atoms with Crippen molar-refractivity contribution in [2.45, 2.75) is 51.6 Å². The van der Waals surface area contributed by atoms with Gasteiger partial charge < -0.3 is 10.4 Å². The van der Waals surface area contributed by atoms with E-state index in [0.29, 0.717) is 17.3 Å². The Morgan fingerprint density at radius 2 is 2.18 bits per heavy atom. The second kappa shape index (κ2) is 7.19. The summed E-state index contributed by atoms with van der Waals surface area (Å²) in [6.45, 7) is 6.84. The van der Waals surface area contributed by atoms with Gasteiger partial charge in [-0.2, -0.15) is 0 Å². The van der Waals surface area contributed by atoms with Gasteiger partial charge in [-0.1, -0.05) is 20.8 Å². The Balaban J connectivity index is 1.81. The van der Waals surface area contributed by atoms with E-state index in [1.165, 1.54) is 11.3 Å². The van der Waals surface area contributed by atoms with E-state index in [-0.39, 0.29) is 24.5 Å². The molecule has 22 heavy (non-hydrogen) atoms. The fourth-order valence-corrected chi connectivity index (χ4v) is 3.42. The average Bonchev–Trinajstić information content (AvgIpc) is 2.89. The Morgan fingerprint density at radius 3 is 2.68 bits per heavy atom. The van der Waals surface area contributed by atoms with Crippen molar-refractivity contribution in [2.24, 2.45) is 0 Å². The van der Waals surface area contributed by atoms with Gasteiger partial charge >= 0.3 is 5.97 Å². The number of nitrogens with one attached hydrogen (secondary N) is 1. The molecule has 0 atom stereocenters. The second-order valence-corrected chi connectivity index (χ2v) is 7.03. The van der Waals surface area contributed by atoms with E-state index >= 15 is 0 Å². The smallest absolute Gasteiger partial charge is 0.317 e. The number of carboxylic acids is 1. The Hall–Kier alpha value is -1.47. The highest BCUT2D eigenvalue weighted by Crippen LogP contribution is 2.27. The maximum Gasteiger partial charge on any atom is 0.317 e. The molecular weight excluding hydrogens is 302 g/mol. The van der Waals surface area contributed by atoms with Crippen LogP contribution in [0.15, 0.2) is 6.20 Å². The van der Waals surface area contributed by atoms with Crippen LogP contribution >= 0.6 is 11.3 Å². The Bertz CT molecular complexity index is 538. The molecule has 1 saturated carbocycles. The molecule has 1 amide bonds. The molecule has 0 radical (unpaired) electrons. The van der Waals surface area contributed by atoms with E-state index in [1.807, 2.05) is 11.8 Å². The highest BCUT2D eigenvalue weighted by molar-refractivity contribution is 7.13. The predicted octanol–water partition coefficient (Wildman–Crippen LogP) is 1.93. The third kappa shape index (κ3) is 4.04. The highest BCUT2D eigenvalue weighted by Gasteiger charge is 2.35. The lowest BCUT2D eigenvalue weighted by Crippen LogP contribution is -2.54. The van der Waals surface area contributed by atoms with Crippen LogP contribution in [0, 0.1) is 0 Å². The summed E-state index contributed by atoms with van der Waals surface area (Å²) in [7, 11) is 0. The zero-order valence-corrected chi connectivity index (χ0v) is 14.0. The number of carbonyl (C=O) groups excluding carboxylic acids is 1. The van der Waals surface area contributed by atoms with Crippen LogP contribution in [0.25, 0.3) is 0 Å². The number of nitrogens with zero attached hydrogens (tertiary/aromatic N) is 2. The molecule has 0 bridgehead atoms. The minimum absolute atomic E-state index is 0.0639. The van der Waals surface area contributed by atoms with Gasteiger partial charge in [0.1, 0.15) is 4.88 Å². The first-order chi connectivity index (χ1) is 10.4. The molecule has 1 fully saturated rings. The molecule has 1 heterocycles. The SMILES string of the molecule is CCN(CC(=O)O)C1CC(NC(=O)c2cnc(C(C)C)s2)C1. The average molecular weight is 325 g/mol. The topological polar surface area (TPSA) is 82.5 Å². The van der Waals surface area contributed by atoms with Crippen LogP contribution in [0.1, 0.15) is 54.2 Å². The van der Waals surface area contributed by atoms with Gasteiger partial charge in [0, 0.05) is 18.0 Å².